The molecule has 0 spiro atoms. The summed E-state index contributed by atoms with van der Waals surface area (Å²) in [6.07, 6.45) is 4.71. The Morgan fingerprint density at radius 3 is 2.62 bits per heavy atom. The smallest absolute Gasteiger partial charge is 0.314 e. The summed E-state index contributed by atoms with van der Waals surface area (Å²) in [5, 5.41) is 5.87. The number of anilines is 1. The highest BCUT2D eigenvalue weighted by molar-refractivity contribution is 5.92. The molecule has 0 bridgehead atoms. The molecule has 21 heavy (non-hydrogen) atoms. The lowest BCUT2D eigenvalue weighted by atomic mass is 10.1. The van der Waals surface area contributed by atoms with Crippen LogP contribution in [0.2, 0.25) is 0 Å². The van der Waals surface area contributed by atoms with Gasteiger partial charge in [0.05, 0.1) is 0 Å². The predicted molar refractivity (Wildman–Crippen MR) is 81.3 cm³/mol. The van der Waals surface area contributed by atoms with Crippen molar-refractivity contribution in [1.29, 1.82) is 0 Å². The maximum Gasteiger partial charge on any atom is 0.343 e. The van der Waals surface area contributed by atoms with Crippen LogP contribution >= 0.6 is 0 Å². The molecule has 2 aromatic rings. The fourth-order valence-electron chi connectivity index (χ4n) is 2.05. The van der Waals surface area contributed by atoms with E-state index in [0.29, 0.717) is 0 Å². The standard InChI is InChI=1S/C15H20N4O2/c1-3-4-5-12-6-8-13(9-7-12)18(2)14(20)10-19-11-16-17-15(19)21/h6-9,11H,3-5,10H2,1-2H3,(H,17,21). The van der Waals surface area contributed by atoms with Crippen LogP contribution in [0.1, 0.15) is 25.3 Å². The third-order valence-corrected chi connectivity index (χ3v) is 3.44. The molecule has 0 fully saturated rings. The number of unbranched alkanes of at least 4 members (excludes halogenated alkanes) is 1. The molecule has 1 aromatic heterocycles. The van der Waals surface area contributed by atoms with E-state index in [1.807, 2.05) is 24.3 Å². The van der Waals surface area contributed by atoms with Crippen molar-refractivity contribution in [3.8, 4) is 0 Å². The number of H-pyrrole nitrogens is 1. The zero-order valence-electron chi connectivity index (χ0n) is 12.4. The average Bonchev–Trinajstić information content (AvgIpc) is 2.90. The van der Waals surface area contributed by atoms with Gasteiger partial charge in [0.2, 0.25) is 5.91 Å². The van der Waals surface area contributed by atoms with Crippen LogP contribution in [0.3, 0.4) is 0 Å². The van der Waals surface area contributed by atoms with Crippen LogP contribution in [-0.4, -0.2) is 27.7 Å². The van der Waals surface area contributed by atoms with E-state index in [1.54, 1.807) is 11.9 Å². The molecule has 0 unspecified atom stereocenters. The Morgan fingerprint density at radius 1 is 1.33 bits per heavy atom. The number of likely N-dealkylation sites (N-methyl/N-ethyl adjacent to an activating group) is 1. The number of nitrogens with zero attached hydrogens (tertiary/aromatic N) is 3. The van der Waals surface area contributed by atoms with E-state index in [1.165, 1.54) is 22.9 Å². The van der Waals surface area contributed by atoms with Crippen molar-refractivity contribution in [2.45, 2.75) is 32.7 Å². The van der Waals surface area contributed by atoms with E-state index in [9.17, 15) is 9.59 Å². The molecule has 0 aliphatic rings. The van der Waals surface area contributed by atoms with Crippen LogP contribution in [-0.2, 0) is 17.8 Å². The van der Waals surface area contributed by atoms with Gasteiger partial charge in [0, 0.05) is 12.7 Å². The normalized spacial score (nSPS) is 10.6. The summed E-state index contributed by atoms with van der Waals surface area (Å²) in [7, 11) is 1.70. The average molecular weight is 288 g/mol. The lowest BCUT2D eigenvalue weighted by Crippen LogP contribution is -2.32. The molecule has 0 aliphatic carbocycles. The number of hydrogen-bond donors (Lipinski definition) is 1. The number of aryl methyl sites for hydroxylation is 1. The van der Waals surface area contributed by atoms with Gasteiger partial charge < -0.3 is 4.90 Å². The summed E-state index contributed by atoms with van der Waals surface area (Å²) in [6.45, 7) is 2.14. The first kappa shape index (κ1) is 15.0. The molecule has 0 radical (unpaired) electrons. The molecular weight excluding hydrogens is 268 g/mol. The summed E-state index contributed by atoms with van der Waals surface area (Å²) < 4.78 is 1.24. The molecule has 1 heterocycles. The molecule has 1 amide bonds. The lowest BCUT2D eigenvalue weighted by Gasteiger charge is -2.17. The van der Waals surface area contributed by atoms with E-state index < -0.39 is 0 Å². The lowest BCUT2D eigenvalue weighted by molar-refractivity contribution is -0.118. The number of amides is 1. The summed E-state index contributed by atoms with van der Waals surface area (Å²) in [5.74, 6) is -0.167. The molecule has 2 rings (SSSR count). The van der Waals surface area contributed by atoms with E-state index in [2.05, 4.69) is 17.1 Å². The summed E-state index contributed by atoms with van der Waals surface area (Å²) in [4.78, 5) is 25.0. The first-order chi connectivity index (χ1) is 10.1. The van der Waals surface area contributed by atoms with Crippen LogP contribution in [0.25, 0.3) is 0 Å². The first-order valence-corrected chi connectivity index (χ1v) is 7.07. The van der Waals surface area contributed by atoms with E-state index in [4.69, 9.17) is 0 Å². The Morgan fingerprint density at radius 2 is 2.05 bits per heavy atom. The minimum absolute atomic E-state index is 0.0244. The quantitative estimate of drug-likeness (QED) is 0.877. The predicted octanol–water partition coefficient (Wildman–Crippen LogP) is 1.58. The minimum Gasteiger partial charge on any atom is -0.314 e. The maximum absolute atomic E-state index is 12.1. The third kappa shape index (κ3) is 3.81. The molecular formula is C15H20N4O2. The third-order valence-electron chi connectivity index (χ3n) is 3.44. The number of carbonyl (C=O) groups is 1. The molecule has 1 N–H and O–H groups in total. The van der Waals surface area contributed by atoms with Gasteiger partial charge in [-0.15, -0.1) is 0 Å². The van der Waals surface area contributed by atoms with Crippen molar-refractivity contribution >= 4 is 11.6 Å². The van der Waals surface area contributed by atoms with Gasteiger partial charge in [-0.1, -0.05) is 25.5 Å². The van der Waals surface area contributed by atoms with Gasteiger partial charge in [-0.25, -0.2) is 9.89 Å². The number of aromatic nitrogens is 3. The topological polar surface area (TPSA) is 71.0 Å². The zero-order chi connectivity index (χ0) is 15.2. The van der Waals surface area contributed by atoms with Crippen molar-refractivity contribution in [2.24, 2.45) is 0 Å². The van der Waals surface area contributed by atoms with Crippen LogP contribution in [0.5, 0.6) is 0 Å². The van der Waals surface area contributed by atoms with Gasteiger partial charge >= 0.3 is 5.69 Å². The first-order valence-electron chi connectivity index (χ1n) is 7.07. The van der Waals surface area contributed by atoms with Gasteiger partial charge in [-0.3, -0.25) is 9.36 Å². The van der Waals surface area contributed by atoms with Crippen molar-refractivity contribution < 1.29 is 4.79 Å². The molecule has 0 atom stereocenters. The largest absolute Gasteiger partial charge is 0.343 e. The van der Waals surface area contributed by atoms with E-state index in [0.717, 1.165) is 18.5 Å². The minimum atomic E-state index is -0.383. The fraction of sp³-hybridized carbons (Fsp3) is 0.400. The van der Waals surface area contributed by atoms with Crippen molar-refractivity contribution in [1.82, 2.24) is 14.8 Å². The number of carbonyl (C=O) groups excluding carboxylic acids is 1. The van der Waals surface area contributed by atoms with Crippen LogP contribution in [0, 0.1) is 0 Å². The van der Waals surface area contributed by atoms with Gasteiger partial charge in [0.1, 0.15) is 12.9 Å². The van der Waals surface area contributed by atoms with Gasteiger partial charge in [-0.2, -0.15) is 5.10 Å². The van der Waals surface area contributed by atoms with E-state index in [-0.39, 0.29) is 18.1 Å². The molecule has 0 saturated carbocycles. The van der Waals surface area contributed by atoms with Crippen LogP contribution < -0.4 is 10.6 Å². The van der Waals surface area contributed by atoms with E-state index >= 15 is 0 Å². The number of rotatable bonds is 6. The highest BCUT2D eigenvalue weighted by Gasteiger charge is 2.12. The molecule has 0 saturated heterocycles. The molecule has 1 aromatic carbocycles. The second-order valence-electron chi connectivity index (χ2n) is 5.01. The number of benzene rings is 1. The number of nitrogens with one attached hydrogen (secondary N) is 1. The highest BCUT2D eigenvalue weighted by Crippen LogP contribution is 2.15. The fourth-order valence-corrected chi connectivity index (χ4v) is 2.05. The Hall–Kier alpha value is -2.37. The van der Waals surface area contributed by atoms with Gasteiger partial charge in [0.15, 0.2) is 0 Å². The van der Waals surface area contributed by atoms with Crippen LogP contribution in [0.4, 0.5) is 5.69 Å². The number of hydrogen-bond acceptors (Lipinski definition) is 3. The molecule has 6 heteroatoms. The Balaban J connectivity index is 2.02. The van der Waals surface area contributed by atoms with Crippen molar-refractivity contribution in [2.75, 3.05) is 11.9 Å². The molecule has 6 nitrogen and oxygen atoms in total. The number of aromatic amines is 1. The summed E-state index contributed by atoms with van der Waals surface area (Å²) >= 11 is 0. The molecule has 112 valence electrons. The van der Waals surface area contributed by atoms with Gasteiger partial charge in [0.25, 0.3) is 0 Å². The van der Waals surface area contributed by atoms with Crippen molar-refractivity contribution in [3.05, 3.63) is 46.6 Å². The Kier molecular flexibility index (Phi) is 4.92. The second-order valence-corrected chi connectivity index (χ2v) is 5.01. The monoisotopic (exact) mass is 288 g/mol. The Bertz CT molecular complexity index is 642. The summed E-state index contributed by atoms with van der Waals surface area (Å²) in [6, 6.07) is 7.94. The highest BCUT2D eigenvalue weighted by atomic mass is 16.2. The zero-order valence-corrected chi connectivity index (χ0v) is 12.4. The second kappa shape index (κ2) is 6.88. The maximum atomic E-state index is 12.1. The summed E-state index contributed by atoms with van der Waals surface area (Å²) in [5.41, 5.74) is 1.70. The van der Waals surface area contributed by atoms with Gasteiger partial charge in [-0.05, 0) is 30.5 Å². The Labute approximate surface area is 123 Å². The molecule has 0 aliphatic heterocycles. The van der Waals surface area contributed by atoms with Crippen molar-refractivity contribution in [3.63, 3.8) is 0 Å². The SMILES string of the molecule is CCCCc1ccc(N(C)C(=O)Cn2cn[nH]c2=O)cc1. The van der Waals surface area contributed by atoms with Crippen LogP contribution in [0.15, 0.2) is 35.4 Å².